The molecular weight excluding hydrogens is 354 g/mol. The number of hydrogen-bond donors (Lipinski definition) is 1. The Morgan fingerprint density at radius 2 is 1.93 bits per heavy atom. The topological polar surface area (TPSA) is 76.0 Å². The van der Waals surface area contributed by atoms with Crippen LogP contribution < -0.4 is 11.2 Å². The lowest BCUT2D eigenvalue weighted by molar-refractivity contribution is 0.140. The van der Waals surface area contributed by atoms with Crippen LogP contribution >= 0.6 is 0 Å². The minimum Gasteiger partial charge on any atom is -0.403 e. The van der Waals surface area contributed by atoms with Crippen molar-refractivity contribution in [3.05, 3.63) is 74.1 Å². The van der Waals surface area contributed by atoms with Crippen molar-refractivity contribution >= 4 is 11.1 Å². The minimum absolute atomic E-state index is 0.0727. The fourth-order valence-electron chi connectivity index (χ4n) is 3.71. The van der Waals surface area contributed by atoms with Crippen LogP contribution in [-0.2, 0) is 11.8 Å². The van der Waals surface area contributed by atoms with Crippen molar-refractivity contribution in [3.8, 4) is 0 Å². The Morgan fingerprint density at radius 1 is 1.19 bits per heavy atom. The molecule has 0 radical (unpaired) electrons. The van der Waals surface area contributed by atoms with Gasteiger partial charge in [-0.15, -0.1) is 0 Å². The molecule has 0 bridgehead atoms. The highest BCUT2D eigenvalue weighted by molar-refractivity contribution is 5.75. The molecule has 4 rings (SSSR count). The summed E-state index contributed by atoms with van der Waals surface area (Å²) in [6.45, 7) is 0. The maximum absolute atomic E-state index is 12.8. The van der Waals surface area contributed by atoms with Crippen molar-refractivity contribution in [1.29, 1.82) is 0 Å². The predicted octanol–water partition coefficient (Wildman–Crippen LogP) is 3.87. The summed E-state index contributed by atoms with van der Waals surface area (Å²) in [5.74, 6) is -0.797. The Kier molecular flexibility index (Phi) is 4.37. The van der Waals surface area contributed by atoms with Gasteiger partial charge < -0.3 is 9.40 Å². The molecule has 2 heterocycles. The number of rotatable bonds is 6. The third-order valence-electron chi connectivity index (χ3n) is 5.26. The first-order valence-electron chi connectivity index (χ1n) is 8.89. The van der Waals surface area contributed by atoms with Gasteiger partial charge in [-0.25, -0.2) is 13.6 Å². The van der Waals surface area contributed by atoms with Crippen molar-refractivity contribution in [3.63, 3.8) is 0 Å². The number of fused-ring (bicyclic) bond motifs is 1. The smallest absolute Gasteiger partial charge is 0.337 e. The van der Waals surface area contributed by atoms with Crippen LogP contribution in [0, 0.1) is 0 Å². The highest BCUT2D eigenvalue weighted by Crippen LogP contribution is 2.51. The quantitative estimate of drug-likeness (QED) is 0.713. The lowest BCUT2D eigenvalue weighted by Gasteiger charge is -2.15. The second-order valence-electron chi connectivity index (χ2n) is 7.02. The van der Waals surface area contributed by atoms with E-state index >= 15 is 0 Å². The zero-order valence-corrected chi connectivity index (χ0v) is 14.5. The van der Waals surface area contributed by atoms with E-state index in [-0.39, 0.29) is 16.5 Å². The first-order chi connectivity index (χ1) is 13.0. The molecule has 0 atom stereocenters. The Labute approximate surface area is 153 Å². The van der Waals surface area contributed by atoms with Crippen molar-refractivity contribution in [2.45, 2.75) is 43.9 Å². The number of alkyl halides is 2. The number of nitrogens with zero attached hydrogens (tertiary/aromatic N) is 1. The summed E-state index contributed by atoms with van der Waals surface area (Å²) < 4.78 is 30.5. The van der Waals surface area contributed by atoms with Crippen molar-refractivity contribution in [1.82, 2.24) is 9.97 Å². The molecule has 1 aliphatic rings. The maximum Gasteiger partial charge on any atom is 0.337 e. The second-order valence-corrected chi connectivity index (χ2v) is 7.02. The van der Waals surface area contributed by atoms with Gasteiger partial charge in [0.15, 0.2) is 5.82 Å². The molecule has 3 aromatic rings. The average Bonchev–Trinajstić information content (AvgIpc) is 3.42. The molecule has 27 heavy (non-hydrogen) atoms. The van der Waals surface area contributed by atoms with Gasteiger partial charge in [-0.1, -0.05) is 30.3 Å². The Bertz CT molecular complexity index is 1090. The van der Waals surface area contributed by atoms with Crippen molar-refractivity contribution in [2.24, 2.45) is 0 Å². The zero-order valence-electron chi connectivity index (χ0n) is 14.5. The number of aromatic nitrogens is 2. The van der Waals surface area contributed by atoms with E-state index in [0.29, 0.717) is 12.0 Å². The van der Waals surface area contributed by atoms with Crippen LogP contribution in [0.2, 0.25) is 0 Å². The molecule has 1 aromatic carbocycles. The number of aromatic amines is 1. The van der Waals surface area contributed by atoms with Crippen LogP contribution in [0.15, 0.2) is 50.4 Å². The summed E-state index contributed by atoms with van der Waals surface area (Å²) in [7, 11) is 0. The van der Waals surface area contributed by atoms with E-state index in [0.717, 1.165) is 25.7 Å². The molecule has 0 amide bonds. The SMILES string of the molecule is O=c1cc(CCCC2(c3ccccc3)CC2)c2c(=O)[nH]c(C(F)F)nc2o1. The summed E-state index contributed by atoms with van der Waals surface area (Å²) in [6, 6.07) is 11.5. The molecule has 1 fully saturated rings. The van der Waals surface area contributed by atoms with E-state index in [1.54, 1.807) is 0 Å². The highest BCUT2D eigenvalue weighted by atomic mass is 19.3. The molecule has 140 valence electrons. The first kappa shape index (κ1) is 17.6. The molecule has 1 aliphatic carbocycles. The third kappa shape index (κ3) is 3.41. The number of H-pyrrole nitrogens is 1. The van der Waals surface area contributed by atoms with Gasteiger partial charge in [0.25, 0.3) is 12.0 Å². The van der Waals surface area contributed by atoms with E-state index in [9.17, 15) is 18.4 Å². The second kappa shape index (κ2) is 6.72. The highest BCUT2D eigenvalue weighted by Gasteiger charge is 2.43. The Morgan fingerprint density at radius 3 is 2.59 bits per heavy atom. The fraction of sp³-hybridized carbons (Fsp3) is 0.350. The van der Waals surface area contributed by atoms with E-state index in [1.165, 1.54) is 11.6 Å². The van der Waals surface area contributed by atoms with Gasteiger partial charge in [-0.2, -0.15) is 4.98 Å². The van der Waals surface area contributed by atoms with Gasteiger partial charge >= 0.3 is 5.63 Å². The van der Waals surface area contributed by atoms with Crippen molar-refractivity contribution < 1.29 is 13.2 Å². The first-order valence-corrected chi connectivity index (χ1v) is 8.89. The lowest BCUT2D eigenvalue weighted by atomic mass is 9.89. The lowest BCUT2D eigenvalue weighted by Crippen LogP contribution is -2.16. The summed E-state index contributed by atoms with van der Waals surface area (Å²) in [5.41, 5.74) is 0.228. The predicted molar refractivity (Wildman–Crippen MR) is 96.1 cm³/mol. The van der Waals surface area contributed by atoms with Gasteiger partial charge in [0.2, 0.25) is 5.71 Å². The molecular formula is C20H18F2N2O3. The van der Waals surface area contributed by atoms with E-state index in [2.05, 4.69) is 22.1 Å². The average molecular weight is 372 g/mol. The van der Waals surface area contributed by atoms with Crippen molar-refractivity contribution in [2.75, 3.05) is 0 Å². The van der Waals surface area contributed by atoms with E-state index in [1.807, 2.05) is 18.2 Å². The Balaban J connectivity index is 1.59. The number of halogens is 2. The normalized spacial score (nSPS) is 15.4. The zero-order chi connectivity index (χ0) is 19.0. The van der Waals surface area contributed by atoms with Gasteiger partial charge in [0, 0.05) is 6.07 Å². The Hall–Kier alpha value is -2.83. The summed E-state index contributed by atoms with van der Waals surface area (Å²) >= 11 is 0. The molecule has 2 aromatic heterocycles. The molecule has 0 unspecified atom stereocenters. The van der Waals surface area contributed by atoms with Crippen LogP contribution in [0.1, 0.15) is 49.1 Å². The van der Waals surface area contributed by atoms with Gasteiger partial charge in [-0.05, 0) is 48.6 Å². The molecule has 0 aliphatic heterocycles. The van der Waals surface area contributed by atoms with Crippen LogP contribution in [-0.4, -0.2) is 9.97 Å². The van der Waals surface area contributed by atoms with Crippen LogP contribution in [0.3, 0.4) is 0 Å². The van der Waals surface area contributed by atoms with E-state index < -0.39 is 23.4 Å². The number of nitrogens with one attached hydrogen (secondary N) is 1. The molecule has 0 spiro atoms. The molecule has 1 N–H and O–H groups in total. The number of hydrogen-bond acceptors (Lipinski definition) is 4. The fourth-order valence-corrected chi connectivity index (χ4v) is 3.71. The summed E-state index contributed by atoms with van der Waals surface area (Å²) in [4.78, 5) is 29.7. The number of aryl methyl sites for hydroxylation is 1. The minimum atomic E-state index is -2.95. The maximum atomic E-state index is 12.8. The largest absolute Gasteiger partial charge is 0.403 e. The summed E-state index contributed by atoms with van der Waals surface area (Å²) in [5, 5.41) is 0.0727. The van der Waals surface area contributed by atoms with Crippen LogP contribution in [0.25, 0.3) is 11.1 Å². The molecule has 1 saturated carbocycles. The van der Waals surface area contributed by atoms with Gasteiger partial charge in [0.1, 0.15) is 5.39 Å². The van der Waals surface area contributed by atoms with Gasteiger partial charge in [-0.3, -0.25) is 4.79 Å². The summed E-state index contributed by atoms with van der Waals surface area (Å²) in [6.07, 6.45) is 1.47. The van der Waals surface area contributed by atoms with E-state index in [4.69, 9.17) is 4.42 Å². The standard InChI is InChI=1S/C20H18F2N2O3/c21-16(22)17-23-18(26)15-12(11-14(25)27-19(15)24-17)5-4-8-20(9-10-20)13-6-2-1-3-7-13/h1-3,6-7,11,16H,4-5,8-10H2,(H,23,24,26). The molecule has 7 heteroatoms. The van der Waals surface area contributed by atoms with Crippen LogP contribution in [0.5, 0.6) is 0 Å². The third-order valence-corrected chi connectivity index (χ3v) is 5.26. The van der Waals surface area contributed by atoms with Gasteiger partial charge in [0.05, 0.1) is 0 Å². The number of benzene rings is 1. The monoisotopic (exact) mass is 372 g/mol. The van der Waals surface area contributed by atoms with Crippen LogP contribution in [0.4, 0.5) is 8.78 Å². The molecule has 0 saturated heterocycles. The molecule has 5 nitrogen and oxygen atoms in total.